The number of aryl methyl sites for hydroxylation is 1. The van der Waals surface area contributed by atoms with Crippen LogP contribution in [0.1, 0.15) is 11.6 Å². The fraction of sp³-hybridized carbons (Fsp3) is 0.105. The van der Waals surface area contributed by atoms with Crippen LogP contribution in [0, 0.1) is 6.92 Å². The van der Waals surface area contributed by atoms with Gasteiger partial charge in [-0.3, -0.25) is 4.98 Å². The summed E-state index contributed by atoms with van der Waals surface area (Å²) < 4.78 is 12.0. The van der Waals surface area contributed by atoms with Crippen molar-refractivity contribution in [1.82, 2.24) is 15.1 Å². The number of para-hydroxylation sites is 2. The van der Waals surface area contributed by atoms with Crippen molar-refractivity contribution >= 4 is 26.8 Å². The number of hydrogen-bond acceptors (Lipinski definition) is 5. The maximum absolute atomic E-state index is 5.73. The van der Waals surface area contributed by atoms with E-state index in [1.54, 1.807) is 0 Å². The monoisotopic (exact) mass is 395 g/mol. The molecule has 2 aromatic carbocycles. The maximum Gasteiger partial charge on any atom is 0.264 e. The normalized spacial score (nSPS) is 11.0. The lowest BCUT2D eigenvalue weighted by molar-refractivity contribution is 0.242. The van der Waals surface area contributed by atoms with Crippen molar-refractivity contribution in [3.05, 3.63) is 70.7 Å². The van der Waals surface area contributed by atoms with Gasteiger partial charge in [-0.15, -0.1) is 0 Å². The number of rotatable bonds is 4. The van der Waals surface area contributed by atoms with Gasteiger partial charge >= 0.3 is 0 Å². The van der Waals surface area contributed by atoms with Crippen LogP contribution in [0.3, 0.4) is 0 Å². The molecular formula is C19H14BrN3O2. The van der Waals surface area contributed by atoms with E-state index in [9.17, 15) is 0 Å². The number of aromatic nitrogens is 3. The molecule has 0 fully saturated rings. The van der Waals surface area contributed by atoms with Crippen molar-refractivity contribution in [2.45, 2.75) is 13.5 Å². The minimum absolute atomic E-state index is 0.206. The number of pyridine rings is 1. The predicted molar refractivity (Wildman–Crippen MR) is 98.2 cm³/mol. The SMILES string of the molecule is Cc1cc(-c2noc(COc3ccccc3Br)n2)c2ccccc2n1. The molecule has 0 saturated carbocycles. The Kier molecular flexibility index (Phi) is 4.19. The van der Waals surface area contributed by atoms with E-state index in [-0.39, 0.29) is 6.61 Å². The fourth-order valence-electron chi connectivity index (χ4n) is 2.62. The van der Waals surface area contributed by atoms with Crippen molar-refractivity contribution in [2.75, 3.05) is 0 Å². The van der Waals surface area contributed by atoms with Gasteiger partial charge in [0.1, 0.15) is 5.75 Å². The van der Waals surface area contributed by atoms with Gasteiger partial charge in [-0.2, -0.15) is 4.98 Å². The number of hydrogen-bond donors (Lipinski definition) is 0. The molecule has 4 aromatic rings. The van der Waals surface area contributed by atoms with E-state index < -0.39 is 0 Å². The summed E-state index contributed by atoms with van der Waals surface area (Å²) in [6, 6.07) is 17.5. The van der Waals surface area contributed by atoms with E-state index in [2.05, 4.69) is 31.1 Å². The largest absolute Gasteiger partial charge is 0.483 e. The molecule has 6 heteroatoms. The first-order valence-corrected chi connectivity index (χ1v) is 8.57. The van der Waals surface area contributed by atoms with Crippen LogP contribution in [-0.2, 0) is 6.61 Å². The van der Waals surface area contributed by atoms with Crippen LogP contribution in [0.2, 0.25) is 0 Å². The van der Waals surface area contributed by atoms with Crippen molar-refractivity contribution < 1.29 is 9.26 Å². The smallest absolute Gasteiger partial charge is 0.264 e. The molecule has 0 amide bonds. The van der Waals surface area contributed by atoms with Gasteiger partial charge < -0.3 is 9.26 Å². The van der Waals surface area contributed by atoms with E-state index in [0.29, 0.717) is 11.7 Å². The second-order valence-electron chi connectivity index (χ2n) is 5.56. The first-order chi connectivity index (χ1) is 12.2. The Hall–Kier alpha value is -2.73. The van der Waals surface area contributed by atoms with E-state index in [1.165, 1.54) is 0 Å². The van der Waals surface area contributed by atoms with E-state index in [0.717, 1.165) is 32.4 Å². The van der Waals surface area contributed by atoms with Gasteiger partial charge in [-0.05, 0) is 47.1 Å². The molecule has 0 saturated heterocycles. The second-order valence-corrected chi connectivity index (χ2v) is 6.41. The maximum atomic E-state index is 5.73. The Balaban J connectivity index is 1.63. The van der Waals surface area contributed by atoms with Crippen LogP contribution < -0.4 is 4.74 Å². The third-order valence-electron chi connectivity index (χ3n) is 3.74. The van der Waals surface area contributed by atoms with Gasteiger partial charge in [0.05, 0.1) is 9.99 Å². The highest BCUT2D eigenvalue weighted by Crippen LogP contribution is 2.27. The lowest BCUT2D eigenvalue weighted by atomic mass is 10.1. The molecule has 0 atom stereocenters. The van der Waals surface area contributed by atoms with Gasteiger partial charge in [0, 0.05) is 16.6 Å². The Morgan fingerprint density at radius 3 is 2.72 bits per heavy atom. The zero-order valence-corrected chi connectivity index (χ0v) is 15.0. The number of fused-ring (bicyclic) bond motifs is 1. The van der Waals surface area contributed by atoms with Gasteiger partial charge in [0.15, 0.2) is 6.61 Å². The molecule has 0 spiro atoms. The summed E-state index contributed by atoms with van der Waals surface area (Å²) in [6.07, 6.45) is 0. The summed E-state index contributed by atoms with van der Waals surface area (Å²) in [7, 11) is 0. The predicted octanol–water partition coefficient (Wildman–Crippen LogP) is 4.93. The second kappa shape index (κ2) is 6.64. The highest BCUT2D eigenvalue weighted by Gasteiger charge is 2.13. The molecule has 2 aromatic heterocycles. The van der Waals surface area contributed by atoms with Gasteiger partial charge in [-0.1, -0.05) is 35.5 Å². The standard InChI is InChI=1S/C19H14BrN3O2/c1-12-10-14(13-6-2-4-8-16(13)21-12)19-22-18(25-23-19)11-24-17-9-5-3-7-15(17)20/h2-10H,11H2,1H3. The average molecular weight is 396 g/mol. The number of halogens is 1. The van der Waals surface area contributed by atoms with E-state index in [1.807, 2.05) is 61.5 Å². The van der Waals surface area contributed by atoms with Crippen molar-refractivity contribution in [2.24, 2.45) is 0 Å². The Morgan fingerprint density at radius 2 is 1.84 bits per heavy atom. The zero-order chi connectivity index (χ0) is 17.2. The van der Waals surface area contributed by atoms with E-state index >= 15 is 0 Å². The quantitative estimate of drug-likeness (QED) is 0.489. The van der Waals surface area contributed by atoms with Crippen molar-refractivity contribution in [3.63, 3.8) is 0 Å². The molecule has 2 heterocycles. The summed E-state index contributed by atoms with van der Waals surface area (Å²) in [5.41, 5.74) is 2.72. The van der Waals surface area contributed by atoms with Crippen LogP contribution in [0.25, 0.3) is 22.3 Å². The first kappa shape index (κ1) is 15.8. The highest BCUT2D eigenvalue weighted by molar-refractivity contribution is 9.10. The molecule has 0 aliphatic rings. The number of ether oxygens (including phenoxy) is 1. The van der Waals surface area contributed by atoms with E-state index in [4.69, 9.17) is 9.26 Å². The summed E-state index contributed by atoms with van der Waals surface area (Å²) in [6.45, 7) is 2.16. The first-order valence-electron chi connectivity index (χ1n) is 7.77. The molecule has 0 unspecified atom stereocenters. The highest BCUT2D eigenvalue weighted by atomic mass is 79.9. The molecule has 0 N–H and O–H groups in total. The zero-order valence-electron chi connectivity index (χ0n) is 13.4. The molecule has 4 rings (SSSR count). The molecule has 0 bridgehead atoms. The van der Waals surface area contributed by atoms with Crippen molar-refractivity contribution in [3.8, 4) is 17.1 Å². The van der Waals surface area contributed by atoms with Gasteiger partial charge in [0.2, 0.25) is 5.82 Å². The van der Waals surface area contributed by atoms with Crippen molar-refractivity contribution in [1.29, 1.82) is 0 Å². The van der Waals surface area contributed by atoms with Gasteiger partial charge in [-0.25, -0.2) is 0 Å². The van der Waals surface area contributed by atoms with Crippen LogP contribution in [-0.4, -0.2) is 15.1 Å². The number of benzene rings is 2. The lowest BCUT2D eigenvalue weighted by Gasteiger charge is -2.04. The lowest BCUT2D eigenvalue weighted by Crippen LogP contribution is -1.96. The van der Waals surface area contributed by atoms with Crippen LogP contribution >= 0.6 is 15.9 Å². The average Bonchev–Trinajstić information content (AvgIpc) is 3.09. The minimum Gasteiger partial charge on any atom is -0.483 e. The molecule has 5 nitrogen and oxygen atoms in total. The van der Waals surface area contributed by atoms with Crippen LogP contribution in [0.15, 0.2) is 63.6 Å². The minimum atomic E-state index is 0.206. The molecule has 0 radical (unpaired) electrons. The Labute approximate surface area is 152 Å². The molecular weight excluding hydrogens is 382 g/mol. The fourth-order valence-corrected chi connectivity index (χ4v) is 3.02. The van der Waals surface area contributed by atoms with Crippen LogP contribution in [0.5, 0.6) is 5.75 Å². The molecule has 0 aliphatic carbocycles. The summed E-state index contributed by atoms with van der Waals surface area (Å²) in [5.74, 6) is 1.68. The van der Waals surface area contributed by atoms with Gasteiger partial charge in [0.25, 0.3) is 5.89 Å². The Bertz CT molecular complexity index is 1050. The molecule has 124 valence electrons. The third kappa shape index (κ3) is 3.25. The Morgan fingerprint density at radius 1 is 1.04 bits per heavy atom. The topological polar surface area (TPSA) is 61.0 Å². The molecule has 0 aliphatic heterocycles. The summed E-state index contributed by atoms with van der Waals surface area (Å²) in [5, 5.41) is 5.10. The third-order valence-corrected chi connectivity index (χ3v) is 4.40. The summed E-state index contributed by atoms with van der Waals surface area (Å²) >= 11 is 3.45. The summed E-state index contributed by atoms with van der Waals surface area (Å²) in [4.78, 5) is 9.01. The number of nitrogens with zero attached hydrogens (tertiary/aromatic N) is 3. The van der Waals surface area contributed by atoms with Crippen LogP contribution in [0.4, 0.5) is 0 Å². The molecule has 25 heavy (non-hydrogen) atoms.